The number of amides is 1. The van der Waals surface area contributed by atoms with E-state index in [-0.39, 0.29) is 23.3 Å². The lowest BCUT2D eigenvalue weighted by molar-refractivity contribution is 0.0711. The molecular weight excluding hydrogens is 223 g/mol. The Labute approximate surface area is 98.8 Å². The number of phenolic OH excluding ortho intramolecular Hbond substituents is 1. The Hall–Kier alpha value is -1.62. The summed E-state index contributed by atoms with van der Waals surface area (Å²) in [5.41, 5.74) is 5.89. The van der Waals surface area contributed by atoms with Crippen molar-refractivity contribution in [2.75, 3.05) is 13.1 Å². The normalized spacial score (nSPS) is 17.2. The van der Waals surface area contributed by atoms with E-state index in [0.29, 0.717) is 13.1 Å². The van der Waals surface area contributed by atoms with Gasteiger partial charge in [-0.25, -0.2) is 4.39 Å². The molecule has 0 atom stereocenters. The number of carbonyl (C=O) groups excluding carboxylic acids is 1. The van der Waals surface area contributed by atoms with Crippen molar-refractivity contribution in [1.29, 1.82) is 0 Å². The highest BCUT2D eigenvalue weighted by molar-refractivity contribution is 5.96. The molecule has 5 heteroatoms. The molecule has 0 saturated carbocycles. The molecule has 4 nitrogen and oxygen atoms in total. The SMILES string of the molecule is NC1CCN(C(=O)c2ccc(F)cc2O)CC1. The molecule has 1 heterocycles. The molecule has 0 spiro atoms. The van der Waals surface area contributed by atoms with Gasteiger partial charge >= 0.3 is 0 Å². The largest absolute Gasteiger partial charge is 0.507 e. The first kappa shape index (κ1) is 11.9. The van der Waals surface area contributed by atoms with Gasteiger partial charge in [-0.05, 0) is 25.0 Å². The van der Waals surface area contributed by atoms with Crippen molar-refractivity contribution in [2.45, 2.75) is 18.9 Å². The lowest BCUT2D eigenvalue weighted by Gasteiger charge is -2.30. The zero-order valence-electron chi connectivity index (χ0n) is 9.40. The quantitative estimate of drug-likeness (QED) is 0.769. The van der Waals surface area contributed by atoms with Gasteiger partial charge in [0.25, 0.3) is 5.91 Å². The van der Waals surface area contributed by atoms with Crippen molar-refractivity contribution in [2.24, 2.45) is 5.73 Å². The van der Waals surface area contributed by atoms with Gasteiger partial charge in [-0.3, -0.25) is 4.79 Å². The number of hydrogen-bond acceptors (Lipinski definition) is 3. The maximum atomic E-state index is 12.8. The number of phenols is 1. The standard InChI is InChI=1S/C12H15FN2O2/c13-8-1-2-10(11(16)7-8)12(17)15-5-3-9(14)4-6-15/h1-2,7,9,16H,3-6,14H2. The summed E-state index contributed by atoms with van der Waals surface area (Å²) in [6.45, 7) is 1.16. The molecule has 1 fully saturated rings. The molecule has 0 radical (unpaired) electrons. The number of carbonyl (C=O) groups is 1. The van der Waals surface area contributed by atoms with Gasteiger partial charge in [0.1, 0.15) is 11.6 Å². The van der Waals surface area contributed by atoms with E-state index < -0.39 is 5.82 Å². The molecule has 1 aromatic rings. The third-order valence-corrected chi connectivity index (χ3v) is 3.02. The Kier molecular flexibility index (Phi) is 3.28. The average molecular weight is 238 g/mol. The first-order valence-electron chi connectivity index (χ1n) is 5.61. The number of halogens is 1. The van der Waals surface area contributed by atoms with Gasteiger partial charge in [0.05, 0.1) is 5.56 Å². The number of likely N-dealkylation sites (tertiary alicyclic amines) is 1. The molecule has 0 unspecified atom stereocenters. The maximum absolute atomic E-state index is 12.8. The van der Waals surface area contributed by atoms with Crippen LogP contribution in [0.1, 0.15) is 23.2 Å². The molecule has 1 aliphatic heterocycles. The van der Waals surface area contributed by atoms with Gasteiger partial charge in [-0.2, -0.15) is 0 Å². The van der Waals surface area contributed by atoms with Crippen molar-refractivity contribution in [3.05, 3.63) is 29.6 Å². The second kappa shape index (κ2) is 4.71. The van der Waals surface area contributed by atoms with Crippen LogP contribution in [0.2, 0.25) is 0 Å². The zero-order chi connectivity index (χ0) is 12.4. The number of hydrogen-bond donors (Lipinski definition) is 2. The molecule has 92 valence electrons. The summed E-state index contributed by atoms with van der Waals surface area (Å²) in [5, 5.41) is 9.53. The van der Waals surface area contributed by atoms with Crippen molar-refractivity contribution in [3.8, 4) is 5.75 Å². The van der Waals surface area contributed by atoms with E-state index in [1.807, 2.05) is 0 Å². The second-order valence-electron chi connectivity index (χ2n) is 4.29. The molecule has 2 rings (SSSR count). The highest BCUT2D eigenvalue weighted by Gasteiger charge is 2.23. The minimum atomic E-state index is -0.556. The first-order chi connectivity index (χ1) is 8.08. The van der Waals surface area contributed by atoms with Crippen molar-refractivity contribution >= 4 is 5.91 Å². The van der Waals surface area contributed by atoms with E-state index in [1.54, 1.807) is 4.90 Å². The first-order valence-corrected chi connectivity index (χ1v) is 5.61. The van der Waals surface area contributed by atoms with E-state index in [9.17, 15) is 14.3 Å². The van der Waals surface area contributed by atoms with Crippen LogP contribution in [0.25, 0.3) is 0 Å². The summed E-state index contributed by atoms with van der Waals surface area (Å²) in [6.07, 6.45) is 1.52. The van der Waals surface area contributed by atoms with E-state index >= 15 is 0 Å². The van der Waals surface area contributed by atoms with Crippen molar-refractivity contribution < 1.29 is 14.3 Å². The summed E-state index contributed by atoms with van der Waals surface area (Å²) >= 11 is 0. The monoisotopic (exact) mass is 238 g/mol. The maximum Gasteiger partial charge on any atom is 0.257 e. The minimum absolute atomic E-state index is 0.140. The molecule has 1 saturated heterocycles. The molecule has 1 aliphatic rings. The van der Waals surface area contributed by atoms with Crippen LogP contribution in [-0.4, -0.2) is 35.0 Å². The van der Waals surface area contributed by atoms with Crippen LogP contribution in [0.3, 0.4) is 0 Å². The molecule has 17 heavy (non-hydrogen) atoms. The Bertz CT molecular complexity index is 429. The Balaban J connectivity index is 2.14. The molecular formula is C12H15FN2O2. The number of piperidine rings is 1. The minimum Gasteiger partial charge on any atom is -0.507 e. The van der Waals surface area contributed by atoms with Crippen LogP contribution < -0.4 is 5.73 Å². The summed E-state index contributed by atoms with van der Waals surface area (Å²) in [7, 11) is 0. The van der Waals surface area contributed by atoms with Gasteiger partial charge in [-0.15, -0.1) is 0 Å². The summed E-state index contributed by atoms with van der Waals surface area (Å²) < 4.78 is 12.8. The van der Waals surface area contributed by atoms with E-state index in [2.05, 4.69) is 0 Å². The van der Waals surface area contributed by atoms with Gasteiger partial charge < -0.3 is 15.7 Å². The molecule has 1 aromatic carbocycles. The number of nitrogens with two attached hydrogens (primary N) is 1. The Morgan fingerprint density at radius 3 is 2.65 bits per heavy atom. The molecule has 0 bridgehead atoms. The fraction of sp³-hybridized carbons (Fsp3) is 0.417. The highest BCUT2D eigenvalue weighted by Crippen LogP contribution is 2.21. The number of nitrogens with zero attached hydrogens (tertiary/aromatic N) is 1. The third-order valence-electron chi connectivity index (χ3n) is 3.02. The fourth-order valence-corrected chi connectivity index (χ4v) is 1.96. The van der Waals surface area contributed by atoms with Crippen LogP contribution in [-0.2, 0) is 0 Å². The van der Waals surface area contributed by atoms with E-state index in [4.69, 9.17) is 5.73 Å². The second-order valence-corrected chi connectivity index (χ2v) is 4.29. The van der Waals surface area contributed by atoms with Crippen molar-refractivity contribution in [1.82, 2.24) is 4.90 Å². The summed E-state index contributed by atoms with van der Waals surface area (Å²) in [4.78, 5) is 13.7. The number of aromatic hydroxyl groups is 1. The number of rotatable bonds is 1. The average Bonchev–Trinajstić information content (AvgIpc) is 2.29. The predicted octanol–water partition coefficient (Wildman–Crippen LogP) is 1.09. The molecule has 1 amide bonds. The van der Waals surface area contributed by atoms with Crippen LogP contribution in [0, 0.1) is 5.82 Å². The molecule has 0 aliphatic carbocycles. The van der Waals surface area contributed by atoms with E-state index in [1.165, 1.54) is 12.1 Å². The van der Waals surface area contributed by atoms with Crippen molar-refractivity contribution in [3.63, 3.8) is 0 Å². The summed E-state index contributed by atoms with van der Waals surface area (Å²) in [6, 6.07) is 3.56. The van der Waals surface area contributed by atoms with Crippen LogP contribution >= 0.6 is 0 Å². The smallest absolute Gasteiger partial charge is 0.257 e. The Morgan fingerprint density at radius 1 is 1.41 bits per heavy atom. The van der Waals surface area contributed by atoms with Crippen LogP contribution in [0.15, 0.2) is 18.2 Å². The van der Waals surface area contributed by atoms with E-state index in [0.717, 1.165) is 18.9 Å². The third kappa shape index (κ3) is 2.55. The Morgan fingerprint density at radius 2 is 2.06 bits per heavy atom. The topological polar surface area (TPSA) is 66.6 Å². The molecule has 3 N–H and O–H groups in total. The van der Waals surface area contributed by atoms with Gasteiger partial charge in [0.2, 0.25) is 0 Å². The lowest BCUT2D eigenvalue weighted by Crippen LogP contribution is -2.42. The van der Waals surface area contributed by atoms with Crippen LogP contribution in [0.5, 0.6) is 5.75 Å². The predicted molar refractivity (Wildman–Crippen MR) is 61.2 cm³/mol. The van der Waals surface area contributed by atoms with Gasteiger partial charge in [-0.1, -0.05) is 0 Å². The summed E-state index contributed by atoms with van der Waals surface area (Å²) in [5.74, 6) is -1.14. The highest BCUT2D eigenvalue weighted by atomic mass is 19.1. The zero-order valence-corrected chi connectivity index (χ0v) is 9.40. The lowest BCUT2D eigenvalue weighted by atomic mass is 10.0. The van der Waals surface area contributed by atoms with Gasteiger partial charge in [0.15, 0.2) is 0 Å². The fourth-order valence-electron chi connectivity index (χ4n) is 1.96. The molecule has 0 aromatic heterocycles. The number of benzene rings is 1. The van der Waals surface area contributed by atoms with Crippen LogP contribution in [0.4, 0.5) is 4.39 Å². The van der Waals surface area contributed by atoms with Gasteiger partial charge in [0, 0.05) is 25.2 Å².